The van der Waals surface area contributed by atoms with Gasteiger partial charge in [0.25, 0.3) is 0 Å². The van der Waals surface area contributed by atoms with Crippen molar-refractivity contribution in [3.63, 3.8) is 0 Å². The van der Waals surface area contributed by atoms with Gasteiger partial charge in [0.05, 0.1) is 19.0 Å². The summed E-state index contributed by atoms with van der Waals surface area (Å²) < 4.78 is 37.5. The molecule has 0 atom stereocenters. The van der Waals surface area contributed by atoms with E-state index in [-0.39, 0.29) is 17.6 Å². The van der Waals surface area contributed by atoms with Crippen LogP contribution in [0.1, 0.15) is 38.2 Å². The first-order chi connectivity index (χ1) is 15.5. The third-order valence-electron chi connectivity index (χ3n) is 6.12. The van der Waals surface area contributed by atoms with Crippen molar-refractivity contribution in [3.05, 3.63) is 29.8 Å². The first kappa shape index (κ1) is 25.0. The fourth-order valence-electron chi connectivity index (χ4n) is 4.05. The molecule has 2 aliphatic rings. The molecule has 0 saturated carbocycles. The molecule has 0 unspecified atom stereocenters. The molecule has 8 nitrogen and oxygen atoms in total. The van der Waals surface area contributed by atoms with E-state index in [2.05, 4.69) is 10.2 Å². The number of nitrogens with one attached hydrogen (secondary N) is 1. The smallest absolute Gasteiger partial charge is 0.223 e. The van der Waals surface area contributed by atoms with Crippen LogP contribution in [0.25, 0.3) is 0 Å². The molecular weight excluding hydrogens is 430 g/mol. The van der Waals surface area contributed by atoms with Gasteiger partial charge in [-0.3, -0.25) is 9.69 Å². The summed E-state index contributed by atoms with van der Waals surface area (Å²) in [6, 6.07) is 7.80. The van der Waals surface area contributed by atoms with Crippen LogP contribution >= 0.6 is 0 Å². The highest BCUT2D eigenvalue weighted by molar-refractivity contribution is 7.89. The van der Waals surface area contributed by atoms with Gasteiger partial charge in [-0.25, -0.2) is 12.7 Å². The van der Waals surface area contributed by atoms with Gasteiger partial charge in [0.15, 0.2) is 0 Å². The van der Waals surface area contributed by atoms with Crippen molar-refractivity contribution in [2.75, 3.05) is 58.3 Å². The minimum Gasteiger partial charge on any atom is -0.492 e. The highest BCUT2D eigenvalue weighted by atomic mass is 32.2. The molecular formula is C23H37N3O5S. The van der Waals surface area contributed by atoms with Gasteiger partial charge in [-0.15, -0.1) is 0 Å². The van der Waals surface area contributed by atoms with E-state index < -0.39 is 10.0 Å². The summed E-state index contributed by atoms with van der Waals surface area (Å²) in [6.07, 6.45) is 2.68. The van der Waals surface area contributed by atoms with Crippen molar-refractivity contribution in [3.8, 4) is 5.75 Å². The van der Waals surface area contributed by atoms with Crippen molar-refractivity contribution >= 4 is 15.9 Å². The number of hydrogen-bond donors (Lipinski definition) is 1. The number of unbranched alkanes of at least 4 members (excludes halogenated alkanes) is 1. The van der Waals surface area contributed by atoms with Crippen molar-refractivity contribution in [2.24, 2.45) is 5.92 Å². The van der Waals surface area contributed by atoms with E-state index in [9.17, 15) is 13.2 Å². The third-order valence-corrected chi connectivity index (χ3v) is 8.08. The van der Waals surface area contributed by atoms with Crippen LogP contribution in [0.5, 0.6) is 5.75 Å². The van der Waals surface area contributed by atoms with Crippen molar-refractivity contribution in [1.29, 1.82) is 0 Å². The molecule has 3 rings (SSSR count). The number of morpholine rings is 1. The number of carbonyl (C=O) groups excluding carboxylic acids is 1. The van der Waals surface area contributed by atoms with Gasteiger partial charge in [0.1, 0.15) is 12.4 Å². The van der Waals surface area contributed by atoms with Gasteiger partial charge < -0.3 is 14.8 Å². The zero-order chi connectivity index (χ0) is 22.8. The SMILES string of the molecule is CCCCS(=O)(=O)N1CCC(C(=O)NCc2cccc(OCCN3CCOCC3)c2)CC1. The summed E-state index contributed by atoms with van der Waals surface area (Å²) in [5.74, 6) is 0.857. The van der Waals surface area contributed by atoms with E-state index in [1.165, 1.54) is 0 Å². The molecule has 2 heterocycles. The van der Waals surface area contributed by atoms with E-state index in [1.54, 1.807) is 4.31 Å². The summed E-state index contributed by atoms with van der Waals surface area (Å²) in [5.41, 5.74) is 0.988. The first-order valence-corrected chi connectivity index (χ1v) is 13.4. The Bertz CT molecular complexity index is 819. The molecule has 1 aromatic carbocycles. The maximum Gasteiger partial charge on any atom is 0.223 e. The van der Waals surface area contributed by atoms with Crippen molar-refractivity contribution in [1.82, 2.24) is 14.5 Å². The summed E-state index contributed by atoms with van der Waals surface area (Å²) in [4.78, 5) is 14.9. The molecule has 1 aromatic rings. The zero-order valence-electron chi connectivity index (χ0n) is 19.1. The lowest BCUT2D eigenvalue weighted by Crippen LogP contribution is -2.43. The predicted molar refractivity (Wildman–Crippen MR) is 124 cm³/mol. The largest absolute Gasteiger partial charge is 0.492 e. The summed E-state index contributed by atoms with van der Waals surface area (Å²) in [6.45, 7) is 8.22. The maximum atomic E-state index is 12.6. The number of ether oxygens (including phenoxy) is 2. The van der Waals surface area contributed by atoms with Gasteiger partial charge in [0, 0.05) is 45.2 Å². The Morgan fingerprint density at radius 1 is 1.19 bits per heavy atom. The van der Waals surface area contributed by atoms with E-state index >= 15 is 0 Å². The van der Waals surface area contributed by atoms with Crippen LogP contribution in [0.4, 0.5) is 0 Å². The Hall–Kier alpha value is -1.68. The minimum absolute atomic E-state index is 0.00533. The molecule has 32 heavy (non-hydrogen) atoms. The topological polar surface area (TPSA) is 88.2 Å². The summed E-state index contributed by atoms with van der Waals surface area (Å²) in [7, 11) is -3.19. The van der Waals surface area contributed by atoms with Crippen LogP contribution in [0.15, 0.2) is 24.3 Å². The van der Waals surface area contributed by atoms with Crippen molar-refractivity contribution in [2.45, 2.75) is 39.2 Å². The normalized spacial score (nSPS) is 19.0. The Balaban J connectivity index is 1.39. The monoisotopic (exact) mass is 467 g/mol. The van der Waals surface area contributed by atoms with Gasteiger partial charge in [-0.1, -0.05) is 25.5 Å². The summed E-state index contributed by atoms with van der Waals surface area (Å²) in [5, 5.41) is 3.01. The van der Waals surface area contributed by atoms with Crippen LogP contribution in [0.2, 0.25) is 0 Å². The number of nitrogens with zero attached hydrogens (tertiary/aromatic N) is 2. The van der Waals surface area contributed by atoms with Crippen LogP contribution in [-0.2, 0) is 26.1 Å². The number of rotatable bonds is 11. The van der Waals surface area contributed by atoms with Crippen molar-refractivity contribution < 1.29 is 22.7 Å². The fourth-order valence-corrected chi connectivity index (χ4v) is 5.73. The molecule has 0 aromatic heterocycles. The van der Waals surface area contributed by atoms with E-state index in [1.807, 2.05) is 31.2 Å². The molecule has 1 amide bonds. The second-order valence-electron chi connectivity index (χ2n) is 8.51. The minimum atomic E-state index is -3.19. The van der Waals surface area contributed by atoms with Crippen LogP contribution < -0.4 is 10.1 Å². The summed E-state index contributed by atoms with van der Waals surface area (Å²) >= 11 is 0. The second-order valence-corrected chi connectivity index (χ2v) is 10.6. The zero-order valence-corrected chi connectivity index (χ0v) is 19.9. The lowest BCUT2D eigenvalue weighted by Gasteiger charge is -2.30. The molecule has 2 saturated heterocycles. The highest BCUT2D eigenvalue weighted by Gasteiger charge is 2.30. The quantitative estimate of drug-likeness (QED) is 0.534. The molecule has 2 aliphatic heterocycles. The molecule has 0 bridgehead atoms. The number of benzene rings is 1. The Morgan fingerprint density at radius 3 is 2.66 bits per heavy atom. The lowest BCUT2D eigenvalue weighted by molar-refractivity contribution is -0.126. The molecule has 0 aliphatic carbocycles. The Morgan fingerprint density at radius 2 is 1.94 bits per heavy atom. The Labute approximate surface area is 192 Å². The fraction of sp³-hybridized carbons (Fsp3) is 0.696. The van der Waals surface area contributed by atoms with Crippen LogP contribution in [0, 0.1) is 5.92 Å². The number of amides is 1. The molecule has 0 radical (unpaired) electrons. The number of hydrogen-bond acceptors (Lipinski definition) is 6. The number of sulfonamides is 1. The van der Waals surface area contributed by atoms with E-state index in [4.69, 9.17) is 9.47 Å². The average Bonchev–Trinajstić information content (AvgIpc) is 2.82. The second kappa shape index (κ2) is 12.5. The Kier molecular flexibility index (Phi) is 9.77. The molecule has 180 valence electrons. The van der Waals surface area contributed by atoms with Gasteiger partial charge >= 0.3 is 0 Å². The number of piperidine rings is 1. The highest BCUT2D eigenvalue weighted by Crippen LogP contribution is 2.21. The lowest BCUT2D eigenvalue weighted by atomic mass is 9.97. The van der Waals surface area contributed by atoms with Gasteiger partial charge in [-0.2, -0.15) is 0 Å². The third kappa shape index (κ3) is 7.72. The molecule has 0 spiro atoms. The van der Waals surface area contributed by atoms with E-state index in [0.717, 1.165) is 50.6 Å². The van der Waals surface area contributed by atoms with Crippen LogP contribution in [0.3, 0.4) is 0 Å². The van der Waals surface area contributed by atoms with E-state index in [0.29, 0.717) is 45.5 Å². The molecule has 1 N–H and O–H groups in total. The van der Waals surface area contributed by atoms with Gasteiger partial charge in [0.2, 0.25) is 15.9 Å². The van der Waals surface area contributed by atoms with Gasteiger partial charge in [-0.05, 0) is 37.0 Å². The molecule has 2 fully saturated rings. The standard InChI is InChI=1S/C23H37N3O5S/c1-2-3-17-32(28,29)26-9-7-21(8-10-26)23(27)24-19-20-5-4-6-22(18-20)31-16-13-25-11-14-30-15-12-25/h4-6,18,21H,2-3,7-17,19H2,1H3,(H,24,27). The average molecular weight is 468 g/mol. The molecule has 9 heteroatoms. The first-order valence-electron chi connectivity index (χ1n) is 11.8. The number of carbonyl (C=O) groups is 1. The van der Waals surface area contributed by atoms with Crippen LogP contribution in [-0.4, -0.2) is 81.8 Å². The predicted octanol–water partition coefficient (Wildman–Crippen LogP) is 1.86. The maximum absolute atomic E-state index is 12.6.